The minimum atomic E-state index is -1.29. The molecular weight excluding hydrogens is 845 g/mol. The summed E-state index contributed by atoms with van der Waals surface area (Å²) in [6, 6.07) is 48.0. The van der Waals surface area contributed by atoms with Crippen LogP contribution in [-0.4, -0.2) is 27.6 Å². The molecule has 7 heteroatoms. The maximum absolute atomic E-state index is 8.01. The Kier molecular flexibility index (Phi) is 9.65. The Hall–Kier alpha value is -5.20. The third-order valence-corrected chi connectivity index (χ3v) is 11.5. The van der Waals surface area contributed by atoms with Crippen LogP contribution >= 0.6 is 0 Å². The second-order valence-corrected chi connectivity index (χ2v) is 19.5. The van der Waals surface area contributed by atoms with Gasteiger partial charge in [0.1, 0.15) is 0 Å². The molecule has 0 amide bonds. The van der Waals surface area contributed by atoms with Crippen LogP contribution in [0.25, 0.3) is 72.2 Å². The Bertz CT molecular complexity index is 2700. The summed E-state index contributed by atoms with van der Waals surface area (Å²) in [4.78, 5) is 14.2. The van der Waals surface area contributed by atoms with Gasteiger partial charge in [-0.1, -0.05) is 105 Å². The van der Waals surface area contributed by atoms with E-state index in [0.29, 0.717) is 5.71 Å². The van der Waals surface area contributed by atoms with Gasteiger partial charge >= 0.3 is 0 Å². The second-order valence-electron chi connectivity index (χ2n) is 14.5. The Labute approximate surface area is 326 Å². The van der Waals surface area contributed by atoms with E-state index in [-0.39, 0.29) is 20.1 Å². The number of furan rings is 1. The van der Waals surface area contributed by atoms with Gasteiger partial charge in [0, 0.05) is 44.4 Å². The predicted octanol–water partition coefficient (Wildman–Crippen LogP) is 11.5. The van der Waals surface area contributed by atoms with Crippen molar-refractivity contribution in [2.75, 3.05) is 0 Å². The number of hydrogen-bond donors (Lipinski definition) is 0. The fourth-order valence-electron chi connectivity index (χ4n) is 6.54. The SMILES string of the molecule is Cc1ccc2c(n1)oc1c(-c3nc4ccccc4n3-c3ccc4ccccc4c3)[c-]ccc12.[2H]C(C)(C)c1c[c-]c(-c2ccc([Si](C)(C)C)cn2)cc1.[Ir]. The maximum Gasteiger partial charge on any atom is 0.216 e. The van der Waals surface area contributed by atoms with Gasteiger partial charge in [0.05, 0.1) is 30.5 Å². The van der Waals surface area contributed by atoms with Crippen molar-refractivity contribution in [3.8, 4) is 28.3 Å². The van der Waals surface area contributed by atoms with Crippen molar-refractivity contribution in [3.05, 3.63) is 151 Å². The average Bonchev–Trinajstić information content (AvgIpc) is 3.72. The molecule has 0 aliphatic rings. The van der Waals surface area contributed by atoms with E-state index in [0.717, 1.165) is 67.0 Å². The summed E-state index contributed by atoms with van der Waals surface area (Å²) in [6.45, 7) is 12.7. The number of para-hydroxylation sites is 2. The number of benzene rings is 5. The number of pyridine rings is 2. The zero-order valence-electron chi connectivity index (χ0n) is 31.7. The van der Waals surface area contributed by atoms with Gasteiger partial charge in [-0.25, -0.2) is 4.98 Å². The van der Waals surface area contributed by atoms with Crippen molar-refractivity contribution in [1.29, 1.82) is 0 Å². The van der Waals surface area contributed by atoms with E-state index in [1.807, 2.05) is 81.6 Å². The zero-order chi connectivity index (χ0) is 36.9. The number of aromatic nitrogens is 4. The summed E-state index contributed by atoms with van der Waals surface area (Å²) >= 11 is 0. The van der Waals surface area contributed by atoms with Crippen LogP contribution in [0.1, 0.15) is 32.4 Å². The van der Waals surface area contributed by atoms with E-state index >= 15 is 0 Å². The summed E-state index contributed by atoms with van der Waals surface area (Å²) in [5.74, 6) is 0.220. The first-order valence-corrected chi connectivity index (χ1v) is 21.1. The van der Waals surface area contributed by atoms with Crippen LogP contribution in [0.15, 0.2) is 132 Å². The van der Waals surface area contributed by atoms with E-state index < -0.39 is 14.0 Å². The van der Waals surface area contributed by atoms with Gasteiger partial charge < -0.3 is 14.0 Å². The molecule has 5 nitrogen and oxygen atoms in total. The van der Waals surface area contributed by atoms with Crippen molar-refractivity contribution in [2.24, 2.45) is 0 Å². The molecule has 4 aromatic heterocycles. The molecule has 53 heavy (non-hydrogen) atoms. The Morgan fingerprint density at radius 2 is 1.58 bits per heavy atom. The Morgan fingerprint density at radius 3 is 2.32 bits per heavy atom. The van der Waals surface area contributed by atoms with Crippen molar-refractivity contribution >= 4 is 57.1 Å². The predicted molar refractivity (Wildman–Crippen MR) is 218 cm³/mol. The molecule has 9 rings (SSSR count). The number of nitrogens with zero attached hydrogens (tertiary/aromatic N) is 4. The first kappa shape index (κ1) is 34.9. The topological polar surface area (TPSA) is 56.7 Å². The minimum absolute atomic E-state index is 0. The minimum Gasteiger partial charge on any atom is -0.486 e. The number of rotatable bonds is 5. The van der Waals surface area contributed by atoms with Crippen molar-refractivity contribution < 1.29 is 25.9 Å². The van der Waals surface area contributed by atoms with E-state index in [1.54, 1.807) is 0 Å². The van der Waals surface area contributed by atoms with Crippen LogP contribution in [0.4, 0.5) is 0 Å². The first-order valence-electron chi connectivity index (χ1n) is 18.1. The summed E-state index contributed by atoms with van der Waals surface area (Å²) in [6.07, 6.45) is 2.00. The van der Waals surface area contributed by atoms with Gasteiger partial charge in [-0.15, -0.1) is 53.6 Å². The normalized spacial score (nSPS) is 12.1. The molecule has 0 saturated heterocycles. The first-order chi connectivity index (χ1) is 25.4. The van der Waals surface area contributed by atoms with Crippen molar-refractivity contribution in [1.82, 2.24) is 19.5 Å². The van der Waals surface area contributed by atoms with E-state index in [9.17, 15) is 0 Å². The number of aryl methyl sites for hydroxylation is 1. The van der Waals surface area contributed by atoms with E-state index in [1.165, 1.54) is 16.0 Å². The molecule has 0 aliphatic carbocycles. The van der Waals surface area contributed by atoms with Crippen LogP contribution in [0, 0.1) is 19.1 Å². The smallest absolute Gasteiger partial charge is 0.216 e. The van der Waals surface area contributed by atoms with Gasteiger partial charge in [0.25, 0.3) is 0 Å². The van der Waals surface area contributed by atoms with Crippen molar-refractivity contribution in [3.63, 3.8) is 0 Å². The third-order valence-electron chi connectivity index (χ3n) is 9.51. The summed E-state index contributed by atoms with van der Waals surface area (Å²) in [5, 5.41) is 5.77. The maximum atomic E-state index is 8.01. The van der Waals surface area contributed by atoms with Gasteiger partial charge in [0.2, 0.25) is 5.71 Å². The second kappa shape index (κ2) is 14.7. The molecule has 0 N–H and O–H groups in total. The molecule has 0 bridgehead atoms. The standard InChI is InChI=1S/C29H18N3O.C17H22NSi.Ir/c1-18-13-16-23-22-9-6-10-24(27(22)33-29(23)30-18)28-31-25-11-4-5-12-26(25)32(28)21-15-14-19-7-2-3-8-20(19)17-21;1-13(2)14-6-8-15(9-7-14)17-11-10-16(12-18-17)19(3,4)5;/h2-9,11-17H,1H3;6-8,10-13H,1-5H3;/q2*-1;/i;13D;. The third kappa shape index (κ3) is 7.13. The Balaban J connectivity index is 0.000000186. The number of imidazole rings is 1. The van der Waals surface area contributed by atoms with Crippen LogP contribution in [0.5, 0.6) is 0 Å². The van der Waals surface area contributed by atoms with Crippen LogP contribution < -0.4 is 5.19 Å². The molecule has 4 heterocycles. The molecule has 0 saturated carbocycles. The molecule has 5 aromatic carbocycles. The van der Waals surface area contributed by atoms with Gasteiger partial charge in [-0.05, 0) is 65.0 Å². The molecule has 0 aliphatic heterocycles. The fraction of sp³-hybridized carbons (Fsp3) is 0.152. The molecule has 0 atom stereocenters. The van der Waals surface area contributed by atoms with Crippen LogP contribution in [-0.2, 0) is 20.1 Å². The monoisotopic (exact) mass is 886 g/mol. The van der Waals surface area contributed by atoms with Crippen molar-refractivity contribution in [2.45, 2.75) is 46.3 Å². The molecule has 0 spiro atoms. The molecule has 0 unspecified atom stereocenters. The number of fused-ring (bicyclic) bond motifs is 5. The van der Waals surface area contributed by atoms with Crippen LogP contribution in [0.3, 0.4) is 0 Å². The number of hydrogen-bond acceptors (Lipinski definition) is 4. The van der Waals surface area contributed by atoms with Crippen LogP contribution in [0.2, 0.25) is 19.6 Å². The largest absolute Gasteiger partial charge is 0.486 e. The quantitative estimate of drug-likeness (QED) is 0.128. The molecular formula is C46H40IrN4OSi-2. The van der Waals surface area contributed by atoms with E-state index in [2.05, 4.69) is 113 Å². The summed E-state index contributed by atoms with van der Waals surface area (Å²) < 4.78 is 16.5. The molecule has 265 valence electrons. The fourth-order valence-corrected chi connectivity index (χ4v) is 7.58. The summed E-state index contributed by atoms with van der Waals surface area (Å²) in [5.41, 5.74) is 9.06. The van der Waals surface area contributed by atoms with Gasteiger partial charge in [-0.2, -0.15) is 0 Å². The summed E-state index contributed by atoms with van der Waals surface area (Å²) in [7, 11) is -1.29. The average molecular weight is 886 g/mol. The van der Waals surface area contributed by atoms with E-state index in [4.69, 9.17) is 10.8 Å². The van der Waals surface area contributed by atoms with Gasteiger partial charge in [-0.3, -0.25) is 4.98 Å². The van der Waals surface area contributed by atoms with Gasteiger partial charge in [0.15, 0.2) is 0 Å². The zero-order valence-corrected chi connectivity index (χ0v) is 34.0. The molecule has 1 radical (unpaired) electrons. The Morgan fingerprint density at radius 1 is 0.792 bits per heavy atom. The molecule has 0 fully saturated rings. The molecule has 9 aromatic rings.